The molecule has 0 bridgehead atoms. The van der Waals surface area contributed by atoms with Crippen molar-refractivity contribution in [3.05, 3.63) is 65.7 Å². The molecule has 1 fully saturated rings. The van der Waals surface area contributed by atoms with Gasteiger partial charge in [0.2, 0.25) is 0 Å². The van der Waals surface area contributed by atoms with Gasteiger partial charge in [-0.3, -0.25) is 0 Å². The molecule has 1 aliphatic rings. The molecule has 0 aliphatic carbocycles. The number of carbonyl (C=O) groups is 3. The van der Waals surface area contributed by atoms with Crippen molar-refractivity contribution in [2.45, 2.75) is 31.8 Å². The molecule has 1 heterocycles. The lowest BCUT2D eigenvalue weighted by Gasteiger charge is -2.41. The normalized spacial score (nSPS) is 22.5. The Labute approximate surface area is 185 Å². The van der Waals surface area contributed by atoms with E-state index < -0.39 is 41.0 Å². The number of nitrogens with one attached hydrogen (secondary N) is 2. The smallest absolute Gasteiger partial charge is 0.334 e. The fraction of sp³-hybridized carbons (Fsp3) is 0.304. The summed E-state index contributed by atoms with van der Waals surface area (Å²) in [6, 6.07) is 14.1. The van der Waals surface area contributed by atoms with Crippen LogP contribution < -0.4 is 15.7 Å². The molecular formula is C23H26N4O5. The number of oxime groups is 1. The molecule has 1 aliphatic heterocycles. The van der Waals surface area contributed by atoms with E-state index >= 15 is 0 Å². The molecule has 0 aromatic heterocycles. The third-order valence-corrected chi connectivity index (χ3v) is 5.89. The molecule has 3 atom stereocenters. The molecule has 0 radical (unpaired) electrons. The number of rotatable bonds is 7. The van der Waals surface area contributed by atoms with Crippen LogP contribution in [0.3, 0.4) is 0 Å². The Balaban J connectivity index is 1.85. The first-order valence-corrected chi connectivity index (χ1v) is 10.3. The van der Waals surface area contributed by atoms with Crippen molar-refractivity contribution in [2.75, 3.05) is 18.4 Å². The topological polar surface area (TPSA) is 131 Å². The second-order valence-corrected chi connectivity index (χ2v) is 7.82. The van der Waals surface area contributed by atoms with Crippen molar-refractivity contribution in [1.29, 1.82) is 0 Å². The number of amides is 3. The number of benzene rings is 2. The number of nitrogens with zero attached hydrogens (tertiary/aromatic N) is 2. The van der Waals surface area contributed by atoms with Gasteiger partial charge in [-0.25, -0.2) is 14.1 Å². The summed E-state index contributed by atoms with van der Waals surface area (Å²) in [5.41, 5.74) is 2.33. The average Bonchev–Trinajstić information content (AvgIpc) is 3.17. The van der Waals surface area contributed by atoms with E-state index in [1.165, 1.54) is 0 Å². The fourth-order valence-electron chi connectivity index (χ4n) is 4.48. The van der Waals surface area contributed by atoms with Crippen LogP contribution in [-0.4, -0.2) is 52.9 Å². The van der Waals surface area contributed by atoms with Crippen LogP contribution in [-0.2, 0) is 9.59 Å². The molecule has 3 N–H and O–H groups in total. The minimum Gasteiger partial charge on any atom is -0.544 e. The van der Waals surface area contributed by atoms with Crippen LogP contribution >= 0.6 is 0 Å². The molecule has 2 aromatic carbocycles. The van der Waals surface area contributed by atoms with Gasteiger partial charge >= 0.3 is 11.9 Å². The van der Waals surface area contributed by atoms with Crippen molar-refractivity contribution < 1.29 is 29.2 Å². The number of hydrogen-bond acceptors (Lipinski definition) is 6. The zero-order chi connectivity index (χ0) is 23.1. The Bertz CT molecular complexity index is 1010. The first kappa shape index (κ1) is 23.0. The van der Waals surface area contributed by atoms with Gasteiger partial charge in [-0.05, 0) is 24.6 Å². The predicted molar refractivity (Wildman–Crippen MR) is 116 cm³/mol. The number of urea groups is 1. The summed E-state index contributed by atoms with van der Waals surface area (Å²) in [6.07, 6.45) is 1.77. The number of anilines is 1. The van der Waals surface area contributed by atoms with Crippen LogP contribution in [0.15, 0.2) is 59.8 Å². The summed E-state index contributed by atoms with van der Waals surface area (Å²) < 4.78 is -0.527. The average molecular weight is 438 g/mol. The van der Waals surface area contributed by atoms with Crippen molar-refractivity contribution in [1.82, 2.24) is 5.32 Å². The maximum Gasteiger partial charge on any atom is 0.334 e. The molecule has 0 spiro atoms. The van der Waals surface area contributed by atoms with E-state index in [1.807, 2.05) is 43.3 Å². The standard InChI is InChI=1S/C23H26N4O5/c1-16-6-5-9-18(14-16)26-23(31)24-15-21(28)27(13-12-25-32)19(10-11-20(27)22(29)30)17-7-3-2-4-8-17/h2-9,12,14,19-20H,10-11,13,15H2,1H3,(H3-,24,26,29,30,31,32). The van der Waals surface area contributed by atoms with Gasteiger partial charge in [0.15, 0.2) is 0 Å². The Kier molecular flexibility index (Phi) is 7.21. The van der Waals surface area contributed by atoms with E-state index in [0.29, 0.717) is 12.1 Å². The summed E-state index contributed by atoms with van der Waals surface area (Å²) in [4.78, 5) is 37.8. The number of quaternary nitrogens is 1. The highest BCUT2D eigenvalue weighted by Gasteiger charge is 2.55. The molecule has 1 saturated heterocycles. The number of carbonyl (C=O) groups excluding carboxylic acids is 3. The van der Waals surface area contributed by atoms with Gasteiger partial charge in [-0.1, -0.05) is 47.6 Å². The third-order valence-electron chi connectivity index (χ3n) is 5.89. The fourth-order valence-corrected chi connectivity index (χ4v) is 4.48. The van der Waals surface area contributed by atoms with Crippen molar-refractivity contribution in [3.63, 3.8) is 0 Å². The van der Waals surface area contributed by atoms with Crippen LogP contribution in [0.5, 0.6) is 0 Å². The summed E-state index contributed by atoms with van der Waals surface area (Å²) in [6.45, 7) is 1.35. The molecule has 32 heavy (non-hydrogen) atoms. The minimum atomic E-state index is -1.35. The maximum atomic E-state index is 13.5. The summed E-state index contributed by atoms with van der Waals surface area (Å²) >= 11 is 0. The SMILES string of the molecule is Cc1cccc(NC(=O)NCC(=O)[N+]2(CC=NO)C(C(=O)[O-])CCC2c2ccccc2)c1. The number of hydrogen-bond donors (Lipinski definition) is 3. The molecule has 168 valence electrons. The number of carboxylic acids is 1. The van der Waals surface area contributed by atoms with Gasteiger partial charge in [0.1, 0.15) is 25.2 Å². The second-order valence-electron chi connectivity index (χ2n) is 7.82. The second kappa shape index (κ2) is 10.1. The number of likely N-dealkylation sites (tertiary alicyclic amines) is 1. The van der Waals surface area contributed by atoms with E-state index in [4.69, 9.17) is 5.21 Å². The van der Waals surface area contributed by atoms with Crippen LogP contribution in [0.4, 0.5) is 10.5 Å². The lowest BCUT2D eigenvalue weighted by molar-refractivity contribution is -0.880. The first-order valence-electron chi connectivity index (χ1n) is 10.3. The molecular weight excluding hydrogens is 412 g/mol. The van der Waals surface area contributed by atoms with Gasteiger partial charge in [0.05, 0.1) is 12.2 Å². The minimum absolute atomic E-state index is 0.144. The Hall–Kier alpha value is -3.72. The lowest BCUT2D eigenvalue weighted by Crippen LogP contribution is -2.65. The number of aryl methyl sites for hydroxylation is 1. The third kappa shape index (κ3) is 4.78. The van der Waals surface area contributed by atoms with Crippen LogP contribution in [0.25, 0.3) is 0 Å². The molecule has 9 heteroatoms. The van der Waals surface area contributed by atoms with Gasteiger partial charge in [-0.2, -0.15) is 0 Å². The van der Waals surface area contributed by atoms with E-state index in [9.17, 15) is 19.5 Å². The molecule has 3 unspecified atom stereocenters. The molecule has 0 saturated carbocycles. The van der Waals surface area contributed by atoms with E-state index in [0.717, 1.165) is 17.3 Å². The van der Waals surface area contributed by atoms with Gasteiger partial charge in [0, 0.05) is 24.1 Å². The summed E-state index contributed by atoms with van der Waals surface area (Å²) in [7, 11) is 0. The van der Waals surface area contributed by atoms with Gasteiger partial charge in [-0.15, -0.1) is 0 Å². The number of aliphatic carboxylic acids is 1. The zero-order valence-corrected chi connectivity index (χ0v) is 17.7. The van der Waals surface area contributed by atoms with Gasteiger partial charge < -0.3 is 25.7 Å². The monoisotopic (exact) mass is 438 g/mol. The largest absolute Gasteiger partial charge is 0.544 e. The van der Waals surface area contributed by atoms with Crippen molar-refractivity contribution >= 4 is 29.8 Å². The Morgan fingerprint density at radius 2 is 1.91 bits per heavy atom. The zero-order valence-electron chi connectivity index (χ0n) is 17.7. The van der Waals surface area contributed by atoms with Crippen LogP contribution in [0, 0.1) is 6.92 Å². The highest BCUT2D eigenvalue weighted by molar-refractivity contribution is 5.92. The summed E-state index contributed by atoms with van der Waals surface area (Å²) in [5, 5.41) is 29.2. The van der Waals surface area contributed by atoms with E-state index in [-0.39, 0.29) is 13.0 Å². The Morgan fingerprint density at radius 1 is 1.16 bits per heavy atom. The molecule has 2 aromatic rings. The summed E-state index contributed by atoms with van der Waals surface area (Å²) in [5.74, 6) is -1.86. The van der Waals surface area contributed by atoms with Gasteiger partial charge in [0.25, 0.3) is 0 Å². The van der Waals surface area contributed by atoms with Crippen LogP contribution in [0.2, 0.25) is 0 Å². The number of carboxylic acid groups (broad SMARTS) is 1. The maximum absolute atomic E-state index is 13.5. The molecule has 3 rings (SSSR count). The van der Waals surface area contributed by atoms with Crippen molar-refractivity contribution in [2.24, 2.45) is 5.16 Å². The first-order chi connectivity index (χ1) is 15.4. The quantitative estimate of drug-likeness (QED) is 0.261. The molecule has 3 amide bonds. The highest BCUT2D eigenvalue weighted by Crippen LogP contribution is 2.43. The Morgan fingerprint density at radius 3 is 2.56 bits per heavy atom. The van der Waals surface area contributed by atoms with E-state index in [2.05, 4.69) is 15.8 Å². The lowest BCUT2D eigenvalue weighted by atomic mass is 10.0. The molecule has 9 nitrogen and oxygen atoms in total. The predicted octanol–water partition coefficient (Wildman–Crippen LogP) is 1.57. The highest BCUT2D eigenvalue weighted by atomic mass is 16.4. The van der Waals surface area contributed by atoms with Crippen LogP contribution in [0.1, 0.15) is 30.0 Å². The van der Waals surface area contributed by atoms with E-state index in [1.54, 1.807) is 18.2 Å². The van der Waals surface area contributed by atoms with Crippen molar-refractivity contribution in [3.8, 4) is 0 Å².